The second-order valence-corrected chi connectivity index (χ2v) is 5.46. The zero-order valence-electron chi connectivity index (χ0n) is 11.5. The third kappa shape index (κ3) is 3.37. The van der Waals surface area contributed by atoms with Crippen molar-refractivity contribution in [2.24, 2.45) is 0 Å². The average Bonchev–Trinajstić information content (AvgIpc) is 3.03. The van der Waals surface area contributed by atoms with Crippen molar-refractivity contribution in [2.75, 3.05) is 19.0 Å². The molecule has 2 amide bonds. The van der Waals surface area contributed by atoms with Crippen LogP contribution in [0.15, 0.2) is 5.38 Å². The molecule has 1 aromatic rings. The van der Waals surface area contributed by atoms with Gasteiger partial charge in [-0.15, -0.1) is 11.3 Å². The Labute approximate surface area is 124 Å². The summed E-state index contributed by atoms with van der Waals surface area (Å²) in [7, 11) is 1.23. The van der Waals surface area contributed by atoms with E-state index in [4.69, 9.17) is 0 Å². The smallest absolute Gasteiger partial charge is 0.328 e. The van der Waals surface area contributed by atoms with Gasteiger partial charge >= 0.3 is 5.97 Å². The number of carbonyl (C=O) groups excluding carboxylic acids is 3. The summed E-state index contributed by atoms with van der Waals surface area (Å²) in [5.74, 6) is -1.33. The van der Waals surface area contributed by atoms with Gasteiger partial charge in [-0.1, -0.05) is 0 Å². The molecule has 21 heavy (non-hydrogen) atoms. The topological polar surface area (TPSA) is 109 Å². The van der Waals surface area contributed by atoms with Crippen LogP contribution >= 0.6 is 11.3 Å². The summed E-state index contributed by atoms with van der Waals surface area (Å²) in [5.41, 5.74) is 0.117. The first-order valence-corrected chi connectivity index (χ1v) is 7.10. The summed E-state index contributed by atoms with van der Waals surface area (Å²) in [4.78, 5) is 40.2. The van der Waals surface area contributed by atoms with E-state index in [0.717, 1.165) is 11.3 Å². The average molecular weight is 313 g/mol. The van der Waals surface area contributed by atoms with Crippen molar-refractivity contribution in [3.8, 4) is 0 Å². The SMILES string of the molecule is COC(=O)C1CC(O)CN1C(=O)c1csc(NC(C)=O)n1. The van der Waals surface area contributed by atoms with Gasteiger partial charge in [-0.25, -0.2) is 9.78 Å². The van der Waals surface area contributed by atoms with E-state index in [0.29, 0.717) is 5.13 Å². The number of methoxy groups -OCH3 is 1. The fourth-order valence-electron chi connectivity index (χ4n) is 2.12. The number of rotatable bonds is 3. The summed E-state index contributed by atoms with van der Waals surface area (Å²) in [5, 5.41) is 13.9. The second kappa shape index (κ2) is 6.19. The van der Waals surface area contributed by atoms with Crippen LogP contribution in [0.2, 0.25) is 0 Å². The van der Waals surface area contributed by atoms with Gasteiger partial charge in [0.25, 0.3) is 5.91 Å². The highest BCUT2D eigenvalue weighted by atomic mass is 32.1. The first kappa shape index (κ1) is 15.4. The maximum absolute atomic E-state index is 12.4. The van der Waals surface area contributed by atoms with Crippen LogP contribution in [0.3, 0.4) is 0 Å². The molecule has 0 bridgehead atoms. The van der Waals surface area contributed by atoms with Crippen LogP contribution in [0.5, 0.6) is 0 Å². The number of thiazole rings is 1. The maximum atomic E-state index is 12.4. The summed E-state index contributed by atoms with van der Waals surface area (Å²) < 4.78 is 4.64. The largest absolute Gasteiger partial charge is 0.467 e. The van der Waals surface area contributed by atoms with Gasteiger partial charge in [0.15, 0.2) is 5.13 Å². The number of aliphatic hydroxyl groups is 1. The van der Waals surface area contributed by atoms with E-state index in [9.17, 15) is 19.5 Å². The van der Waals surface area contributed by atoms with Crippen LogP contribution in [0.1, 0.15) is 23.8 Å². The predicted molar refractivity (Wildman–Crippen MR) is 73.9 cm³/mol. The Bertz CT molecular complexity index is 573. The fourth-order valence-corrected chi connectivity index (χ4v) is 2.86. The predicted octanol–water partition coefficient (Wildman–Crippen LogP) is -0.150. The van der Waals surface area contributed by atoms with Gasteiger partial charge in [-0.3, -0.25) is 9.59 Å². The highest BCUT2D eigenvalue weighted by molar-refractivity contribution is 7.14. The molecule has 2 N–H and O–H groups in total. The maximum Gasteiger partial charge on any atom is 0.328 e. The molecule has 0 aromatic carbocycles. The van der Waals surface area contributed by atoms with Gasteiger partial charge < -0.3 is 20.1 Å². The summed E-state index contributed by atoms with van der Waals surface area (Å²) in [6.45, 7) is 1.39. The van der Waals surface area contributed by atoms with Crippen molar-refractivity contribution in [1.82, 2.24) is 9.88 Å². The fraction of sp³-hybridized carbons (Fsp3) is 0.500. The minimum atomic E-state index is -0.816. The quantitative estimate of drug-likeness (QED) is 0.751. The Morgan fingerprint density at radius 2 is 2.24 bits per heavy atom. The minimum Gasteiger partial charge on any atom is -0.467 e. The van der Waals surface area contributed by atoms with Crippen molar-refractivity contribution in [1.29, 1.82) is 0 Å². The van der Waals surface area contributed by atoms with Crippen molar-refractivity contribution >= 4 is 34.3 Å². The minimum absolute atomic E-state index is 0.0472. The molecule has 0 aliphatic carbocycles. The molecule has 1 aromatic heterocycles. The van der Waals surface area contributed by atoms with Crippen LogP contribution in [0.25, 0.3) is 0 Å². The van der Waals surface area contributed by atoms with Gasteiger partial charge in [0.1, 0.15) is 11.7 Å². The highest BCUT2D eigenvalue weighted by Crippen LogP contribution is 2.23. The zero-order chi connectivity index (χ0) is 15.6. The van der Waals surface area contributed by atoms with Gasteiger partial charge in [0.2, 0.25) is 5.91 Å². The van der Waals surface area contributed by atoms with Crippen molar-refractivity contribution in [3.05, 3.63) is 11.1 Å². The van der Waals surface area contributed by atoms with E-state index in [2.05, 4.69) is 15.0 Å². The van der Waals surface area contributed by atoms with E-state index in [-0.39, 0.29) is 24.6 Å². The van der Waals surface area contributed by atoms with Crippen LogP contribution in [0.4, 0.5) is 5.13 Å². The molecule has 1 fully saturated rings. The number of amides is 2. The Morgan fingerprint density at radius 1 is 1.52 bits per heavy atom. The number of hydrogen-bond acceptors (Lipinski definition) is 7. The van der Waals surface area contributed by atoms with Crippen LogP contribution in [-0.4, -0.2) is 58.6 Å². The van der Waals surface area contributed by atoms with Crippen molar-refractivity contribution in [2.45, 2.75) is 25.5 Å². The number of nitrogens with zero attached hydrogens (tertiary/aromatic N) is 2. The number of nitrogens with one attached hydrogen (secondary N) is 1. The van der Waals surface area contributed by atoms with Gasteiger partial charge in [0, 0.05) is 25.3 Å². The number of hydrogen-bond donors (Lipinski definition) is 2. The Hall–Kier alpha value is -2.00. The number of carbonyl (C=O) groups is 3. The Morgan fingerprint density at radius 3 is 2.86 bits per heavy atom. The first-order valence-electron chi connectivity index (χ1n) is 6.22. The van der Waals surface area contributed by atoms with Crippen LogP contribution in [0, 0.1) is 0 Å². The standard InChI is InChI=1S/C12H15N3O5S/c1-6(16)13-12-14-8(5-21-12)10(18)15-4-7(17)3-9(15)11(19)20-2/h5,7,9,17H,3-4H2,1-2H3,(H,13,14,16). The molecule has 114 valence electrons. The molecule has 1 aliphatic rings. The van der Waals surface area contributed by atoms with Gasteiger partial charge in [-0.2, -0.15) is 0 Å². The highest BCUT2D eigenvalue weighted by Gasteiger charge is 2.40. The zero-order valence-corrected chi connectivity index (χ0v) is 12.3. The lowest BCUT2D eigenvalue weighted by atomic mass is 10.2. The number of aromatic nitrogens is 1. The Kier molecular flexibility index (Phi) is 4.53. The summed E-state index contributed by atoms with van der Waals surface area (Å²) in [6.07, 6.45) is -0.632. The summed E-state index contributed by atoms with van der Waals surface area (Å²) >= 11 is 1.11. The monoisotopic (exact) mass is 313 g/mol. The molecule has 0 radical (unpaired) electrons. The van der Waals surface area contributed by atoms with Crippen molar-refractivity contribution < 1.29 is 24.2 Å². The third-order valence-corrected chi connectivity index (χ3v) is 3.78. The van der Waals surface area contributed by atoms with E-state index in [1.807, 2.05) is 0 Å². The number of esters is 1. The van der Waals surface area contributed by atoms with Crippen LogP contribution in [-0.2, 0) is 14.3 Å². The lowest BCUT2D eigenvalue weighted by Gasteiger charge is -2.21. The molecule has 2 unspecified atom stereocenters. The first-order chi connectivity index (χ1) is 9.92. The lowest BCUT2D eigenvalue weighted by Crippen LogP contribution is -2.41. The molecule has 2 atom stereocenters. The lowest BCUT2D eigenvalue weighted by molar-refractivity contribution is -0.145. The molecular weight excluding hydrogens is 298 g/mol. The molecule has 0 spiro atoms. The number of ether oxygens (including phenoxy) is 1. The normalized spacial score (nSPS) is 21.2. The number of β-amino-alcohol motifs (C(OH)–C–C–N with tert-alkyl or cyclic N) is 1. The van der Waals surface area contributed by atoms with Crippen LogP contribution < -0.4 is 5.32 Å². The molecule has 0 saturated carbocycles. The molecular formula is C12H15N3O5S. The molecule has 1 aliphatic heterocycles. The Balaban J connectivity index is 2.16. The molecule has 2 heterocycles. The van der Waals surface area contributed by atoms with E-state index < -0.39 is 24.0 Å². The third-order valence-electron chi connectivity index (χ3n) is 3.02. The molecule has 2 rings (SSSR count). The molecule has 9 heteroatoms. The van der Waals surface area contributed by atoms with Gasteiger partial charge in [-0.05, 0) is 0 Å². The van der Waals surface area contributed by atoms with Gasteiger partial charge in [0.05, 0.1) is 13.2 Å². The van der Waals surface area contributed by atoms with E-state index in [1.54, 1.807) is 0 Å². The van der Waals surface area contributed by atoms with E-state index in [1.165, 1.54) is 24.3 Å². The summed E-state index contributed by atoms with van der Waals surface area (Å²) in [6, 6.07) is -0.816. The second-order valence-electron chi connectivity index (χ2n) is 4.61. The molecule has 1 saturated heterocycles. The molecule has 8 nitrogen and oxygen atoms in total. The van der Waals surface area contributed by atoms with E-state index >= 15 is 0 Å². The van der Waals surface area contributed by atoms with Crippen molar-refractivity contribution in [3.63, 3.8) is 0 Å². The number of aliphatic hydroxyl groups excluding tert-OH is 1. The number of anilines is 1. The number of likely N-dealkylation sites (tertiary alicyclic amines) is 1.